The normalized spacial score (nSPS) is 15.7. The quantitative estimate of drug-likeness (QED) is 0.369. The molecule has 1 amide bonds. The van der Waals surface area contributed by atoms with E-state index < -0.39 is 5.91 Å². The third-order valence-corrected chi connectivity index (χ3v) is 4.87. The van der Waals surface area contributed by atoms with Crippen molar-refractivity contribution < 1.29 is 4.79 Å². The van der Waals surface area contributed by atoms with Crippen LogP contribution in [-0.2, 0) is 6.54 Å². The van der Waals surface area contributed by atoms with Crippen LogP contribution in [0.15, 0.2) is 48.5 Å². The Hall–Kier alpha value is -2.67. The largest absolute Gasteiger partial charge is 0.300 e. The summed E-state index contributed by atoms with van der Waals surface area (Å²) in [6.07, 6.45) is 0. The molecule has 6 nitrogen and oxygen atoms in total. The van der Waals surface area contributed by atoms with Gasteiger partial charge in [0.05, 0.1) is 17.4 Å². The van der Waals surface area contributed by atoms with Gasteiger partial charge in [0, 0.05) is 11.6 Å². The third-order valence-electron chi connectivity index (χ3n) is 4.63. The van der Waals surface area contributed by atoms with E-state index in [1.807, 2.05) is 47.9 Å². The maximum absolute atomic E-state index is 12.2. The Morgan fingerprint density at radius 2 is 2.08 bits per heavy atom. The highest BCUT2D eigenvalue weighted by molar-refractivity contribution is 6.30. The van der Waals surface area contributed by atoms with Gasteiger partial charge in [0.2, 0.25) is 0 Å². The van der Waals surface area contributed by atoms with E-state index >= 15 is 0 Å². The number of hydrazine groups is 1. The standard InChI is InChI=1S/C19H18ClN5O/c1-11-23-18(19(26)24-21)16-10-22-17(12-5-3-2-4-6-12)14-9-13(20)7-8-15(14)25(11)16/h2-9,17,22H,10,21H2,1H3,(H,24,26). The van der Waals surface area contributed by atoms with Gasteiger partial charge < -0.3 is 5.32 Å². The molecule has 0 radical (unpaired) electrons. The summed E-state index contributed by atoms with van der Waals surface area (Å²) < 4.78 is 1.99. The molecule has 0 spiro atoms. The second kappa shape index (κ2) is 6.57. The zero-order valence-corrected chi connectivity index (χ0v) is 14.9. The van der Waals surface area contributed by atoms with Crippen LogP contribution in [0.3, 0.4) is 0 Å². The first-order valence-electron chi connectivity index (χ1n) is 8.27. The molecule has 1 unspecified atom stereocenters. The maximum Gasteiger partial charge on any atom is 0.285 e. The zero-order chi connectivity index (χ0) is 18.3. The zero-order valence-electron chi connectivity index (χ0n) is 14.2. The van der Waals surface area contributed by atoms with E-state index in [1.54, 1.807) is 0 Å². The molecule has 0 aliphatic carbocycles. The number of rotatable bonds is 2. The van der Waals surface area contributed by atoms with Crippen molar-refractivity contribution in [3.8, 4) is 5.69 Å². The molecular weight excluding hydrogens is 350 g/mol. The molecule has 0 saturated carbocycles. The topological polar surface area (TPSA) is 85.0 Å². The number of nitrogens with two attached hydrogens (primary N) is 1. The van der Waals surface area contributed by atoms with Crippen molar-refractivity contribution in [3.63, 3.8) is 0 Å². The second-order valence-corrected chi connectivity index (χ2v) is 6.63. The summed E-state index contributed by atoms with van der Waals surface area (Å²) in [5.41, 5.74) is 6.38. The lowest BCUT2D eigenvalue weighted by Crippen LogP contribution is -2.32. The highest BCUT2D eigenvalue weighted by Crippen LogP contribution is 2.34. The number of hydrogen-bond donors (Lipinski definition) is 3. The average Bonchev–Trinajstić information content (AvgIpc) is 2.89. The summed E-state index contributed by atoms with van der Waals surface area (Å²) in [5, 5.41) is 4.19. The fourth-order valence-corrected chi connectivity index (χ4v) is 3.70. The fourth-order valence-electron chi connectivity index (χ4n) is 3.52. The van der Waals surface area contributed by atoms with Crippen molar-refractivity contribution in [3.05, 3.63) is 81.9 Å². The maximum atomic E-state index is 12.2. The SMILES string of the molecule is Cc1nc(C(=O)NN)c2n1-c1ccc(Cl)cc1C(c1ccccc1)NC2. The highest BCUT2D eigenvalue weighted by atomic mass is 35.5. The third kappa shape index (κ3) is 2.68. The summed E-state index contributed by atoms with van der Waals surface area (Å²) in [6, 6.07) is 15.8. The van der Waals surface area contributed by atoms with Gasteiger partial charge in [0.25, 0.3) is 5.91 Å². The number of carbonyl (C=O) groups is 1. The van der Waals surface area contributed by atoms with Crippen molar-refractivity contribution in [1.29, 1.82) is 0 Å². The van der Waals surface area contributed by atoms with E-state index in [9.17, 15) is 4.79 Å². The van der Waals surface area contributed by atoms with Gasteiger partial charge in [-0.05, 0) is 36.2 Å². The van der Waals surface area contributed by atoms with Gasteiger partial charge in [-0.15, -0.1) is 0 Å². The van der Waals surface area contributed by atoms with Crippen LogP contribution < -0.4 is 16.6 Å². The van der Waals surface area contributed by atoms with Crippen molar-refractivity contribution in [2.45, 2.75) is 19.5 Å². The number of carbonyl (C=O) groups excluding carboxylic acids is 1. The smallest absolute Gasteiger partial charge is 0.285 e. The first-order chi connectivity index (χ1) is 12.6. The number of amides is 1. The van der Waals surface area contributed by atoms with Gasteiger partial charge in [-0.3, -0.25) is 14.8 Å². The average molecular weight is 368 g/mol. The molecule has 26 heavy (non-hydrogen) atoms. The van der Waals surface area contributed by atoms with Gasteiger partial charge >= 0.3 is 0 Å². The van der Waals surface area contributed by atoms with Crippen LogP contribution in [0.4, 0.5) is 0 Å². The molecule has 1 aromatic heterocycles. The summed E-state index contributed by atoms with van der Waals surface area (Å²) in [5.74, 6) is 5.65. The molecule has 0 bridgehead atoms. The molecule has 0 fully saturated rings. The monoisotopic (exact) mass is 367 g/mol. The van der Waals surface area contributed by atoms with Crippen LogP contribution in [0.25, 0.3) is 5.69 Å². The Bertz CT molecular complexity index is 983. The van der Waals surface area contributed by atoms with Crippen molar-refractivity contribution in [2.75, 3.05) is 0 Å². The molecular formula is C19H18ClN5O. The summed E-state index contributed by atoms with van der Waals surface area (Å²) in [4.78, 5) is 16.6. The molecule has 2 heterocycles. The molecule has 1 atom stereocenters. The highest BCUT2D eigenvalue weighted by Gasteiger charge is 2.28. The Kier molecular flexibility index (Phi) is 4.24. The van der Waals surface area contributed by atoms with Gasteiger partial charge in [-0.25, -0.2) is 10.8 Å². The second-order valence-electron chi connectivity index (χ2n) is 6.19. The number of nitrogens with zero attached hydrogens (tertiary/aromatic N) is 2. The number of aryl methyl sites for hydroxylation is 1. The lowest BCUT2D eigenvalue weighted by atomic mass is 9.97. The minimum atomic E-state index is -0.405. The lowest BCUT2D eigenvalue weighted by Gasteiger charge is -2.20. The van der Waals surface area contributed by atoms with Gasteiger partial charge in [0.15, 0.2) is 5.69 Å². The Morgan fingerprint density at radius 3 is 2.81 bits per heavy atom. The number of aromatic nitrogens is 2. The van der Waals surface area contributed by atoms with E-state index in [0.29, 0.717) is 17.3 Å². The molecule has 0 saturated heterocycles. The Morgan fingerprint density at radius 1 is 1.31 bits per heavy atom. The van der Waals surface area contributed by atoms with Gasteiger partial charge in [0.1, 0.15) is 5.82 Å². The predicted molar refractivity (Wildman–Crippen MR) is 100 cm³/mol. The van der Waals surface area contributed by atoms with E-state index in [0.717, 1.165) is 28.3 Å². The number of hydrogen-bond acceptors (Lipinski definition) is 4. The number of imidazole rings is 1. The van der Waals surface area contributed by atoms with E-state index in [1.165, 1.54) is 0 Å². The number of nitrogens with one attached hydrogen (secondary N) is 2. The Labute approximate surface area is 156 Å². The number of fused-ring (bicyclic) bond motifs is 3. The van der Waals surface area contributed by atoms with Crippen LogP contribution in [-0.4, -0.2) is 15.5 Å². The first kappa shape index (κ1) is 16.8. The van der Waals surface area contributed by atoms with Crippen molar-refractivity contribution >= 4 is 17.5 Å². The molecule has 4 N–H and O–H groups in total. The molecule has 1 aliphatic rings. The molecule has 1 aliphatic heterocycles. The van der Waals surface area contributed by atoms with E-state index in [4.69, 9.17) is 17.4 Å². The minimum absolute atomic E-state index is 0.0574. The van der Waals surface area contributed by atoms with E-state index in [2.05, 4.69) is 27.9 Å². The number of benzene rings is 2. The molecule has 7 heteroatoms. The predicted octanol–water partition coefficient (Wildman–Crippen LogP) is 2.63. The van der Waals surface area contributed by atoms with Crippen molar-refractivity contribution in [2.24, 2.45) is 5.84 Å². The molecule has 3 aromatic rings. The lowest BCUT2D eigenvalue weighted by molar-refractivity contribution is 0.0948. The van der Waals surface area contributed by atoms with Crippen LogP contribution in [0.2, 0.25) is 5.02 Å². The van der Waals surface area contributed by atoms with Crippen molar-refractivity contribution in [1.82, 2.24) is 20.3 Å². The fraction of sp³-hybridized carbons (Fsp3) is 0.158. The van der Waals surface area contributed by atoms with Crippen LogP contribution in [0.1, 0.15) is 39.2 Å². The summed E-state index contributed by atoms with van der Waals surface area (Å²) in [7, 11) is 0. The van der Waals surface area contributed by atoms with E-state index in [-0.39, 0.29) is 6.04 Å². The molecule has 2 aromatic carbocycles. The van der Waals surface area contributed by atoms with Gasteiger partial charge in [-0.1, -0.05) is 41.9 Å². The van der Waals surface area contributed by atoms with Crippen LogP contribution in [0, 0.1) is 6.92 Å². The van der Waals surface area contributed by atoms with Gasteiger partial charge in [-0.2, -0.15) is 0 Å². The van der Waals surface area contributed by atoms with Crippen LogP contribution >= 0.6 is 11.6 Å². The Balaban J connectivity index is 1.95. The summed E-state index contributed by atoms with van der Waals surface area (Å²) >= 11 is 6.29. The first-order valence-corrected chi connectivity index (χ1v) is 8.65. The number of halogens is 1. The number of nitrogen functional groups attached to an aromatic ring is 1. The summed E-state index contributed by atoms with van der Waals surface area (Å²) in [6.45, 7) is 2.34. The minimum Gasteiger partial charge on any atom is -0.300 e. The van der Waals surface area contributed by atoms with Crippen LogP contribution in [0.5, 0.6) is 0 Å². The molecule has 132 valence electrons. The molecule has 4 rings (SSSR count).